The lowest BCUT2D eigenvalue weighted by Gasteiger charge is -2.19. The number of anilines is 1. The molecule has 1 amide bonds. The number of rotatable bonds is 7. The Balaban J connectivity index is 3.17. The molecule has 0 aromatic heterocycles. The van der Waals surface area contributed by atoms with Crippen molar-refractivity contribution in [1.29, 1.82) is 0 Å². The van der Waals surface area contributed by atoms with Crippen LogP contribution in [0.4, 0.5) is 5.69 Å². The molecule has 0 radical (unpaired) electrons. The Morgan fingerprint density at radius 3 is 2.36 bits per heavy atom. The van der Waals surface area contributed by atoms with Crippen LogP contribution in [0.25, 0.3) is 0 Å². The van der Waals surface area contributed by atoms with Gasteiger partial charge in [0.05, 0.1) is 10.6 Å². The highest BCUT2D eigenvalue weighted by molar-refractivity contribution is 7.89. The zero-order valence-electron chi connectivity index (χ0n) is 13.5. The van der Waals surface area contributed by atoms with E-state index in [0.717, 1.165) is 0 Å². The third kappa shape index (κ3) is 3.98. The van der Waals surface area contributed by atoms with Gasteiger partial charge in [-0.3, -0.25) is 4.79 Å². The van der Waals surface area contributed by atoms with Crippen LogP contribution in [0, 0.1) is 5.92 Å². The summed E-state index contributed by atoms with van der Waals surface area (Å²) in [6.07, 6.45) is 0.657. The molecule has 0 saturated carbocycles. The predicted octanol–water partition coefficient (Wildman–Crippen LogP) is 2.41. The topological polar surface area (TPSA) is 86.7 Å². The number of amides is 1. The first-order chi connectivity index (χ1) is 10.3. The summed E-state index contributed by atoms with van der Waals surface area (Å²) in [4.78, 5) is 12.0. The second-order valence-electron chi connectivity index (χ2n) is 5.07. The predicted molar refractivity (Wildman–Crippen MR) is 86.3 cm³/mol. The fourth-order valence-corrected chi connectivity index (χ4v) is 3.41. The molecule has 7 heteroatoms. The average molecular weight is 328 g/mol. The van der Waals surface area contributed by atoms with Crippen LogP contribution in [0.2, 0.25) is 0 Å². The summed E-state index contributed by atoms with van der Waals surface area (Å²) >= 11 is 0. The van der Waals surface area contributed by atoms with Crippen LogP contribution in [0.1, 0.15) is 34.1 Å². The fraction of sp³-hybridized carbons (Fsp3) is 0.533. The van der Waals surface area contributed by atoms with E-state index in [9.17, 15) is 18.3 Å². The summed E-state index contributed by atoms with van der Waals surface area (Å²) < 4.78 is 26.2. The van der Waals surface area contributed by atoms with Gasteiger partial charge in [0.25, 0.3) is 0 Å². The molecule has 2 N–H and O–H groups in total. The highest BCUT2D eigenvalue weighted by Gasteiger charge is 2.23. The minimum Gasteiger partial charge on any atom is -0.506 e. The van der Waals surface area contributed by atoms with E-state index >= 15 is 0 Å². The maximum atomic E-state index is 12.5. The monoisotopic (exact) mass is 328 g/mol. The number of carbonyl (C=O) groups is 1. The first-order valence-corrected chi connectivity index (χ1v) is 8.85. The van der Waals surface area contributed by atoms with Gasteiger partial charge in [0.1, 0.15) is 5.75 Å². The molecule has 1 atom stereocenters. The van der Waals surface area contributed by atoms with Crippen molar-refractivity contribution in [2.75, 3.05) is 18.4 Å². The van der Waals surface area contributed by atoms with Crippen molar-refractivity contribution in [2.24, 2.45) is 5.92 Å². The average Bonchev–Trinajstić information content (AvgIpc) is 2.49. The van der Waals surface area contributed by atoms with Crippen LogP contribution in [0.5, 0.6) is 5.75 Å². The molecule has 0 heterocycles. The number of aromatic hydroxyl groups is 1. The number of benzene rings is 1. The lowest BCUT2D eigenvalue weighted by Crippen LogP contribution is -2.30. The van der Waals surface area contributed by atoms with Gasteiger partial charge in [-0.05, 0) is 24.6 Å². The van der Waals surface area contributed by atoms with Gasteiger partial charge >= 0.3 is 0 Å². The first-order valence-electron chi connectivity index (χ1n) is 7.41. The molecule has 1 rings (SSSR count). The van der Waals surface area contributed by atoms with Crippen LogP contribution < -0.4 is 5.32 Å². The molecule has 0 aliphatic carbocycles. The number of phenolic OH excluding ortho intramolecular Hbond substituents is 1. The van der Waals surface area contributed by atoms with Crippen LogP contribution in [-0.4, -0.2) is 36.8 Å². The molecule has 0 saturated heterocycles. The van der Waals surface area contributed by atoms with Gasteiger partial charge in [0.15, 0.2) is 0 Å². The van der Waals surface area contributed by atoms with Gasteiger partial charge in [-0.1, -0.05) is 27.7 Å². The molecule has 0 aliphatic heterocycles. The van der Waals surface area contributed by atoms with Crippen molar-refractivity contribution in [3.63, 3.8) is 0 Å². The van der Waals surface area contributed by atoms with Gasteiger partial charge in [-0.2, -0.15) is 4.31 Å². The van der Waals surface area contributed by atoms with E-state index < -0.39 is 10.0 Å². The van der Waals surface area contributed by atoms with Crippen molar-refractivity contribution < 1.29 is 18.3 Å². The summed E-state index contributed by atoms with van der Waals surface area (Å²) in [5, 5.41) is 12.4. The molecule has 1 aromatic carbocycles. The maximum Gasteiger partial charge on any atom is 0.243 e. The smallest absolute Gasteiger partial charge is 0.243 e. The second-order valence-corrected chi connectivity index (χ2v) is 7.00. The van der Waals surface area contributed by atoms with Crippen LogP contribution in [-0.2, 0) is 14.8 Å². The summed E-state index contributed by atoms with van der Waals surface area (Å²) in [5.41, 5.74) is 0.110. The summed E-state index contributed by atoms with van der Waals surface area (Å²) in [6, 6.07) is 3.91. The van der Waals surface area contributed by atoms with Crippen molar-refractivity contribution in [2.45, 2.75) is 39.0 Å². The van der Waals surface area contributed by atoms with Crippen molar-refractivity contribution in [3.05, 3.63) is 18.2 Å². The van der Waals surface area contributed by atoms with Gasteiger partial charge in [-0.15, -0.1) is 0 Å². The molecular formula is C15H24N2O4S. The van der Waals surface area contributed by atoms with Gasteiger partial charge in [-0.25, -0.2) is 8.42 Å². The Labute approximate surface area is 132 Å². The third-order valence-electron chi connectivity index (χ3n) is 3.63. The Morgan fingerprint density at radius 1 is 1.27 bits per heavy atom. The standard InChI is InChI=1S/C15H24N2O4S/c1-5-11(4)15(19)16-13-10-12(8-9-14(13)18)22(20,21)17(6-2)7-3/h8-11,18H,5-7H2,1-4H3,(H,16,19)/t11-/m1/s1. The van der Waals surface area contributed by atoms with E-state index in [1.807, 2.05) is 6.92 Å². The molecule has 0 unspecified atom stereocenters. The molecule has 0 aliphatic rings. The zero-order chi connectivity index (χ0) is 16.9. The number of carbonyl (C=O) groups excluding carboxylic acids is 1. The van der Waals surface area contributed by atoms with Crippen LogP contribution in [0.3, 0.4) is 0 Å². The molecule has 124 valence electrons. The largest absolute Gasteiger partial charge is 0.506 e. The minimum atomic E-state index is -3.63. The van der Waals surface area contributed by atoms with Gasteiger partial charge < -0.3 is 10.4 Å². The van der Waals surface area contributed by atoms with E-state index in [2.05, 4.69) is 5.32 Å². The number of hydrogen-bond acceptors (Lipinski definition) is 4. The highest BCUT2D eigenvalue weighted by Crippen LogP contribution is 2.28. The van der Waals surface area contributed by atoms with Crippen molar-refractivity contribution in [1.82, 2.24) is 4.31 Å². The molecule has 1 aromatic rings. The summed E-state index contributed by atoms with van der Waals surface area (Å²) in [7, 11) is -3.63. The fourth-order valence-electron chi connectivity index (χ4n) is 1.93. The Hall–Kier alpha value is -1.60. The highest BCUT2D eigenvalue weighted by atomic mass is 32.2. The number of nitrogens with one attached hydrogen (secondary N) is 1. The lowest BCUT2D eigenvalue weighted by atomic mass is 10.1. The zero-order valence-corrected chi connectivity index (χ0v) is 14.3. The lowest BCUT2D eigenvalue weighted by molar-refractivity contribution is -0.119. The van der Waals surface area contributed by atoms with Crippen molar-refractivity contribution >= 4 is 21.6 Å². The van der Waals surface area contributed by atoms with Crippen molar-refractivity contribution in [3.8, 4) is 5.75 Å². The summed E-state index contributed by atoms with van der Waals surface area (Å²) in [5.74, 6) is -0.632. The molecule has 0 fully saturated rings. The number of nitrogens with zero attached hydrogens (tertiary/aromatic N) is 1. The SMILES string of the molecule is CC[C@@H](C)C(=O)Nc1cc(S(=O)(=O)N(CC)CC)ccc1O. The molecule has 6 nitrogen and oxygen atoms in total. The minimum absolute atomic E-state index is 0.0495. The van der Waals surface area contributed by atoms with E-state index in [1.54, 1.807) is 20.8 Å². The van der Waals surface area contributed by atoms with Crippen LogP contribution in [0.15, 0.2) is 23.1 Å². The molecular weight excluding hydrogens is 304 g/mol. The number of sulfonamides is 1. The van der Waals surface area contributed by atoms with Gasteiger partial charge in [0, 0.05) is 19.0 Å². The Morgan fingerprint density at radius 2 is 1.86 bits per heavy atom. The normalized spacial score (nSPS) is 13.1. The number of phenols is 1. The molecule has 22 heavy (non-hydrogen) atoms. The van der Waals surface area contributed by atoms with Crippen LogP contribution >= 0.6 is 0 Å². The van der Waals surface area contributed by atoms with E-state index in [1.165, 1.54) is 22.5 Å². The first kappa shape index (κ1) is 18.4. The Kier molecular flexibility index (Phi) is 6.37. The quantitative estimate of drug-likeness (QED) is 0.753. The Bertz CT molecular complexity index is 624. The molecule has 0 spiro atoms. The maximum absolute atomic E-state index is 12.5. The molecule has 0 bridgehead atoms. The number of hydrogen-bond donors (Lipinski definition) is 2. The van der Waals surface area contributed by atoms with E-state index in [0.29, 0.717) is 19.5 Å². The third-order valence-corrected chi connectivity index (χ3v) is 5.67. The second kappa shape index (κ2) is 7.60. The summed E-state index contributed by atoms with van der Waals surface area (Å²) in [6.45, 7) is 7.87. The van der Waals surface area contributed by atoms with Gasteiger partial charge in [0.2, 0.25) is 15.9 Å². The van der Waals surface area contributed by atoms with E-state index in [4.69, 9.17) is 0 Å². The van der Waals surface area contributed by atoms with E-state index in [-0.39, 0.29) is 28.2 Å².